The largest absolute Gasteiger partial charge is 0.478 e. The molecule has 1 fully saturated rings. The standard InChI is InChI=1S/C20H20N2O4/c1-13-9-15(11-16(10-13)20(25)26)19(24)22-8-7-21-18(23)12-17(22)14-5-3-2-4-6-14/h2-6,9-11,17H,7-8,12H2,1H3,(H,21,23)(H,25,26). The van der Waals surface area contributed by atoms with E-state index in [0.29, 0.717) is 24.2 Å². The Kier molecular flexibility index (Phi) is 5.02. The van der Waals surface area contributed by atoms with Crippen LogP contribution >= 0.6 is 0 Å². The van der Waals surface area contributed by atoms with Gasteiger partial charge in [-0.2, -0.15) is 0 Å². The molecular weight excluding hydrogens is 332 g/mol. The van der Waals surface area contributed by atoms with Crippen molar-refractivity contribution in [2.24, 2.45) is 0 Å². The van der Waals surface area contributed by atoms with E-state index in [1.54, 1.807) is 17.9 Å². The normalized spacial score (nSPS) is 17.3. The maximum Gasteiger partial charge on any atom is 0.335 e. The van der Waals surface area contributed by atoms with Crippen molar-refractivity contribution in [2.75, 3.05) is 13.1 Å². The molecule has 0 aliphatic carbocycles. The summed E-state index contributed by atoms with van der Waals surface area (Å²) in [6.45, 7) is 2.48. The maximum atomic E-state index is 13.2. The van der Waals surface area contributed by atoms with Crippen molar-refractivity contribution >= 4 is 17.8 Å². The Balaban J connectivity index is 2.00. The molecule has 2 aromatic carbocycles. The van der Waals surface area contributed by atoms with Crippen LogP contribution in [-0.4, -0.2) is 40.9 Å². The number of carboxylic acids is 1. The molecule has 0 saturated carbocycles. The molecule has 6 heteroatoms. The van der Waals surface area contributed by atoms with Gasteiger partial charge >= 0.3 is 5.97 Å². The molecule has 0 spiro atoms. The number of nitrogens with zero attached hydrogens (tertiary/aromatic N) is 1. The summed E-state index contributed by atoms with van der Waals surface area (Å²) < 4.78 is 0. The number of aryl methyl sites for hydroxylation is 1. The minimum absolute atomic E-state index is 0.0774. The van der Waals surface area contributed by atoms with E-state index in [9.17, 15) is 19.5 Å². The van der Waals surface area contributed by atoms with E-state index >= 15 is 0 Å². The topological polar surface area (TPSA) is 86.7 Å². The predicted octanol–water partition coefficient (Wildman–Crippen LogP) is 2.40. The second-order valence-corrected chi connectivity index (χ2v) is 6.37. The number of aromatic carboxylic acids is 1. The fourth-order valence-electron chi connectivity index (χ4n) is 3.24. The zero-order valence-electron chi connectivity index (χ0n) is 14.4. The lowest BCUT2D eigenvalue weighted by molar-refractivity contribution is -0.121. The van der Waals surface area contributed by atoms with Gasteiger partial charge in [-0.3, -0.25) is 9.59 Å². The van der Waals surface area contributed by atoms with Crippen molar-refractivity contribution in [1.82, 2.24) is 10.2 Å². The van der Waals surface area contributed by atoms with Crippen LogP contribution in [0.3, 0.4) is 0 Å². The first-order chi connectivity index (χ1) is 12.5. The number of hydrogen-bond donors (Lipinski definition) is 2. The van der Waals surface area contributed by atoms with Gasteiger partial charge in [0, 0.05) is 18.7 Å². The molecule has 6 nitrogen and oxygen atoms in total. The molecule has 2 amide bonds. The summed E-state index contributed by atoms with van der Waals surface area (Å²) in [5, 5.41) is 12.1. The molecule has 2 aromatic rings. The number of amides is 2. The van der Waals surface area contributed by atoms with E-state index in [1.807, 2.05) is 30.3 Å². The number of carbonyl (C=O) groups is 3. The maximum absolute atomic E-state index is 13.2. The Labute approximate surface area is 151 Å². The molecule has 0 bridgehead atoms. The molecule has 1 aliphatic rings. The number of carboxylic acid groups (broad SMARTS) is 1. The van der Waals surface area contributed by atoms with Crippen LogP contribution in [0.5, 0.6) is 0 Å². The van der Waals surface area contributed by atoms with Crippen molar-refractivity contribution in [1.29, 1.82) is 0 Å². The Morgan fingerprint density at radius 3 is 2.50 bits per heavy atom. The van der Waals surface area contributed by atoms with Gasteiger partial charge < -0.3 is 15.3 Å². The van der Waals surface area contributed by atoms with Crippen molar-refractivity contribution in [3.8, 4) is 0 Å². The third-order valence-corrected chi connectivity index (χ3v) is 4.45. The number of nitrogens with one attached hydrogen (secondary N) is 1. The molecule has 1 atom stereocenters. The molecular formula is C20H20N2O4. The van der Waals surface area contributed by atoms with Crippen LogP contribution < -0.4 is 5.32 Å². The molecule has 26 heavy (non-hydrogen) atoms. The molecule has 1 heterocycles. The molecule has 0 aromatic heterocycles. The summed E-state index contributed by atoms with van der Waals surface area (Å²) in [6.07, 6.45) is 0.174. The fraction of sp³-hybridized carbons (Fsp3) is 0.250. The summed E-state index contributed by atoms with van der Waals surface area (Å²) in [5.41, 5.74) is 1.98. The van der Waals surface area contributed by atoms with E-state index in [2.05, 4.69) is 5.32 Å². The van der Waals surface area contributed by atoms with Crippen LogP contribution in [0.4, 0.5) is 0 Å². The number of benzene rings is 2. The van der Waals surface area contributed by atoms with Gasteiger partial charge in [-0.25, -0.2) is 4.79 Å². The third-order valence-electron chi connectivity index (χ3n) is 4.45. The van der Waals surface area contributed by atoms with Crippen LogP contribution in [0.25, 0.3) is 0 Å². The summed E-state index contributed by atoms with van der Waals surface area (Å²) in [6, 6.07) is 13.6. The van der Waals surface area contributed by atoms with Crippen LogP contribution in [0, 0.1) is 6.92 Å². The van der Waals surface area contributed by atoms with Gasteiger partial charge in [-0.15, -0.1) is 0 Å². The zero-order valence-corrected chi connectivity index (χ0v) is 14.4. The van der Waals surface area contributed by atoms with Crippen molar-refractivity contribution < 1.29 is 19.5 Å². The molecule has 3 rings (SSSR count). The Morgan fingerprint density at radius 1 is 1.12 bits per heavy atom. The first-order valence-electron chi connectivity index (χ1n) is 8.43. The van der Waals surface area contributed by atoms with Gasteiger partial charge in [-0.05, 0) is 36.2 Å². The van der Waals surface area contributed by atoms with Gasteiger partial charge in [0.05, 0.1) is 18.0 Å². The lowest BCUT2D eigenvalue weighted by Crippen LogP contribution is -2.36. The average molecular weight is 352 g/mol. The quantitative estimate of drug-likeness (QED) is 0.888. The second-order valence-electron chi connectivity index (χ2n) is 6.37. The Morgan fingerprint density at radius 2 is 1.81 bits per heavy atom. The number of carbonyl (C=O) groups excluding carboxylic acids is 2. The van der Waals surface area contributed by atoms with Crippen molar-refractivity contribution in [3.05, 3.63) is 70.8 Å². The first kappa shape index (κ1) is 17.7. The van der Waals surface area contributed by atoms with Gasteiger partial charge in [-0.1, -0.05) is 30.3 Å². The summed E-state index contributed by atoms with van der Waals surface area (Å²) in [4.78, 5) is 38.2. The summed E-state index contributed by atoms with van der Waals surface area (Å²) >= 11 is 0. The Hall–Kier alpha value is -3.15. The van der Waals surface area contributed by atoms with Crippen LogP contribution in [0.1, 0.15) is 44.3 Å². The second kappa shape index (κ2) is 7.39. The summed E-state index contributed by atoms with van der Waals surface area (Å²) in [5.74, 6) is -1.46. The highest BCUT2D eigenvalue weighted by Crippen LogP contribution is 2.27. The van der Waals surface area contributed by atoms with E-state index in [-0.39, 0.29) is 29.8 Å². The predicted molar refractivity (Wildman–Crippen MR) is 96.0 cm³/mol. The number of rotatable bonds is 3. The highest BCUT2D eigenvalue weighted by molar-refractivity contribution is 5.98. The van der Waals surface area contributed by atoms with E-state index in [4.69, 9.17) is 0 Å². The lowest BCUT2D eigenvalue weighted by Gasteiger charge is -2.30. The SMILES string of the molecule is Cc1cc(C(=O)O)cc(C(=O)N2CCNC(=O)CC2c2ccccc2)c1. The highest BCUT2D eigenvalue weighted by atomic mass is 16.4. The van der Waals surface area contributed by atoms with Crippen LogP contribution in [0.15, 0.2) is 48.5 Å². The lowest BCUT2D eigenvalue weighted by atomic mass is 10.00. The minimum atomic E-state index is -1.07. The van der Waals surface area contributed by atoms with Crippen molar-refractivity contribution in [2.45, 2.75) is 19.4 Å². The summed E-state index contributed by atoms with van der Waals surface area (Å²) in [7, 11) is 0. The fourth-order valence-corrected chi connectivity index (χ4v) is 3.24. The minimum Gasteiger partial charge on any atom is -0.478 e. The Bertz CT molecular complexity index is 848. The van der Waals surface area contributed by atoms with Gasteiger partial charge in [0.25, 0.3) is 5.91 Å². The third kappa shape index (κ3) is 3.74. The van der Waals surface area contributed by atoms with E-state index in [1.165, 1.54) is 12.1 Å². The molecule has 1 aliphatic heterocycles. The van der Waals surface area contributed by atoms with Gasteiger partial charge in [0.2, 0.25) is 5.91 Å². The average Bonchev–Trinajstić information content (AvgIpc) is 2.83. The van der Waals surface area contributed by atoms with Crippen LogP contribution in [-0.2, 0) is 4.79 Å². The molecule has 1 saturated heterocycles. The van der Waals surface area contributed by atoms with Crippen molar-refractivity contribution in [3.63, 3.8) is 0 Å². The monoisotopic (exact) mass is 352 g/mol. The van der Waals surface area contributed by atoms with E-state index in [0.717, 1.165) is 5.56 Å². The zero-order chi connectivity index (χ0) is 18.7. The van der Waals surface area contributed by atoms with E-state index < -0.39 is 5.97 Å². The highest BCUT2D eigenvalue weighted by Gasteiger charge is 2.30. The van der Waals surface area contributed by atoms with Gasteiger partial charge in [0.15, 0.2) is 0 Å². The molecule has 1 unspecified atom stereocenters. The smallest absolute Gasteiger partial charge is 0.335 e. The molecule has 134 valence electrons. The number of hydrogen-bond acceptors (Lipinski definition) is 3. The molecule has 2 N–H and O–H groups in total. The van der Waals surface area contributed by atoms with Gasteiger partial charge in [0.1, 0.15) is 0 Å². The molecule has 0 radical (unpaired) electrons. The first-order valence-corrected chi connectivity index (χ1v) is 8.43. The van der Waals surface area contributed by atoms with Crippen LogP contribution in [0.2, 0.25) is 0 Å².